The number of anilines is 1. The molecule has 1 saturated heterocycles. The molecular weight excluding hydrogens is 340 g/mol. The largest absolute Gasteiger partial charge is 0.504 e. The fourth-order valence-electron chi connectivity index (χ4n) is 3.47. The molecule has 5 nitrogen and oxygen atoms in total. The van der Waals surface area contributed by atoms with E-state index in [1.54, 1.807) is 13.2 Å². The van der Waals surface area contributed by atoms with Crippen molar-refractivity contribution in [1.29, 1.82) is 0 Å². The van der Waals surface area contributed by atoms with E-state index in [1.165, 1.54) is 0 Å². The van der Waals surface area contributed by atoms with Crippen LogP contribution in [0.4, 0.5) is 5.69 Å². The Kier molecular flexibility index (Phi) is 6.01. The van der Waals surface area contributed by atoms with Gasteiger partial charge in [-0.05, 0) is 29.7 Å². The first-order valence-corrected chi connectivity index (χ1v) is 9.46. The van der Waals surface area contributed by atoms with Crippen molar-refractivity contribution in [2.24, 2.45) is 0 Å². The van der Waals surface area contributed by atoms with E-state index in [1.807, 2.05) is 44.2 Å². The average Bonchev–Trinajstić information content (AvgIpc) is 2.82. The van der Waals surface area contributed by atoms with Gasteiger partial charge in [-0.25, -0.2) is 0 Å². The van der Waals surface area contributed by atoms with Gasteiger partial charge >= 0.3 is 0 Å². The second kappa shape index (κ2) is 8.44. The van der Waals surface area contributed by atoms with Crippen molar-refractivity contribution in [2.45, 2.75) is 26.3 Å². The standard InChI is InChI=1S/C22H28N2O3/c1-16(2)17-8-9-18(22(26)20(25)14-17)15-23-10-12-24(13-11-23)19-6-4-5-7-21(19)27-3/h4-9,14,16H,10-13,15H2,1-3H3,(H,25,26). The molecule has 1 N–H and O–H groups in total. The Morgan fingerprint density at radius 2 is 1.78 bits per heavy atom. The Bertz CT molecular complexity index is 843. The highest BCUT2D eigenvalue weighted by Gasteiger charge is 2.20. The normalized spacial score (nSPS) is 15.2. The Morgan fingerprint density at radius 1 is 1.07 bits per heavy atom. The molecule has 1 aliphatic rings. The SMILES string of the molecule is COc1ccccc1N1CCN(Cc2ccc(C(C)C)cc(=O)c2O)CC1. The molecule has 0 aliphatic carbocycles. The van der Waals surface area contributed by atoms with Gasteiger partial charge in [-0.1, -0.05) is 38.1 Å². The van der Waals surface area contributed by atoms with Crippen LogP contribution >= 0.6 is 0 Å². The van der Waals surface area contributed by atoms with Gasteiger partial charge in [-0.2, -0.15) is 0 Å². The minimum absolute atomic E-state index is 0.131. The fourth-order valence-corrected chi connectivity index (χ4v) is 3.47. The lowest BCUT2D eigenvalue weighted by Gasteiger charge is -2.36. The number of hydrogen-bond acceptors (Lipinski definition) is 5. The predicted molar refractivity (Wildman–Crippen MR) is 109 cm³/mol. The molecule has 2 aromatic rings. The zero-order chi connectivity index (χ0) is 19.4. The Morgan fingerprint density at radius 3 is 2.44 bits per heavy atom. The maximum absolute atomic E-state index is 12.2. The summed E-state index contributed by atoms with van der Waals surface area (Å²) in [6.45, 7) is 8.14. The lowest BCUT2D eigenvalue weighted by atomic mass is 10.1. The van der Waals surface area contributed by atoms with Crippen LogP contribution in [0.5, 0.6) is 11.5 Å². The third-order valence-electron chi connectivity index (χ3n) is 5.17. The van der Waals surface area contributed by atoms with Gasteiger partial charge in [0.05, 0.1) is 12.8 Å². The van der Waals surface area contributed by atoms with E-state index in [0.29, 0.717) is 12.1 Å². The van der Waals surface area contributed by atoms with Gasteiger partial charge in [0, 0.05) is 38.3 Å². The van der Waals surface area contributed by atoms with Crippen molar-refractivity contribution in [2.75, 3.05) is 38.2 Å². The number of hydrogen-bond donors (Lipinski definition) is 1. The molecule has 2 aromatic carbocycles. The summed E-state index contributed by atoms with van der Waals surface area (Å²) in [7, 11) is 1.69. The number of nitrogens with zero attached hydrogens (tertiary/aromatic N) is 2. The zero-order valence-electron chi connectivity index (χ0n) is 16.3. The number of methoxy groups -OCH3 is 1. The molecule has 0 saturated carbocycles. The topological polar surface area (TPSA) is 53.0 Å². The molecule has 0 radical (unpaired) electrons. The maximum atomic E-state index is 12.2. The number of ether oxygens (including phenoxy) is 1. The van der Waals surface area contributed by atoms with E-state index in [-0.39, 0.29) is 17.1 Å². The van der Waals surface area contributed by atoms with E-state index < -0.39 is 0 Å². The molecule has 0 unspecified atom stereocenters. The van der Waals surface area contributed by atoms with Crippen LogP contribution in [0, 0.1) is 0 Å². The van der Waals surface area contributed by atoms with Gasteiger partial charge < -0.3 is 14.7 Å². The first-order chi connectivity index (χ1) is 13.0. The quantitative estimate of drug-likeness (QED) is 0.878. The van der Waals surface area contributed by atoms with Crippen molar-refractivity contribution in [3.63, 3.8) is 0 Å². The van der Waals surface area contributed by atoms with E-state index >= 15 is 0 Å². The second-order valence-corrected chi connectivity index (χ2v) is 7.31. The smallest absolute Gasteiger partial charge is 0.220 e. The van der Waals surface area contributed by atoms with Crippen molar-refractivity contribution in [3.05, 3.63) is 63.8 Å². The van der Waals surface area contributed by atoms with Gasteiger partial charge in [0.2, 0.25) is 5.43 Å². The highest BCUT2D eigenvalue weighted by atomic mass is 16.5. The predicted octanol–water partition coefficient (Wildman–Crippen LogP) is 3.21. The van der Waals surface area contributed by atoms with Crippen LogP contribution in [0.25, 0.3) is 0 Å². The van der Waals surface area contributed by atoms with Crippen LogP contribution in [0.3, 0.4) is 0 Å². The molecule has 0 bridgehead atoms. The first-order valence-electron chi connectivity index (χ1n) is 9.46. The Balaban J connectivity index is 1.70. The molecule has 1 fully saturated rings. The molecule has 1 heterocycles. The van der Waals surface area contributed by atoms with Crippen molar-refractivity contribution >= 4 is 5.69 Å². The summed E-state index contributed by atoms with van der Waals surface area (Å²) in [5.74, 6) is 1.01. The number of piperazine rings is 1. The molecule has 0 spiro atoms. The van der Waals surface area contributed by atoms with Gasteiger partial charge in [-0.3, -0.25) is 9.69 Å². The maximum Gasteiger partial charge on any atom is 0.220 e. The molecular formula is C22H28N2O3. The highest BCUT2D eigenvalue weighted by Crippen LogP contribution is 2.28. The molecule has 5 heteroatoms. The Labute approximate surface area is 160 Å². The number of aromatic hydroxyl groups is 1. The lowest BCUT2D eigenvalue weighted by Crippen LogP contribution is -2.46. The average molecular weight is 368 g/mol. The van der Waals surface area contributed by atoms with Crippen molar-refractivity contribution in [3.8, 4) is 11.5 Å². The Hall–Kier alpha value is -2.53. The van der Waals surface area contributed by atoms with Crippen LogP contribution in [0.2, 0.25) is 0 Å². The van der Waals surface area contributed by atoms with Gasteiger partial charge in [0.15, 0.2) is 5.75 Å². The lowest BCUT2D eigenvalue weighted by molar-refractivity contribution is 0.246. The van der Waals surface area contributed by atoms with E-state index in [2.05, 4.69) is 15.9 Å². The number of para-hydroxylation sites is 2. The second-order valence-electron chi connectivity index (χ2n) is 7.31. The minimum Gasteiger partial charge on any atom is -0.504 e. The van der Waals surface area contributed by atoms with Crippen LogP contribution in [-0.4, -0.2) is 43.3 Å². The van der Waals surface area contributed by atoms with Gasteiger partial charge in [0.25, 0.3) is 0 Å². The summed E-state index contributed by atoms with van der Waals surface area (Å²) in [4.78, 5) is 16.8. The molecule has 0 aromatic heterocycles. The number of benzene rings is 1. The van der Waals surface area contributed by atoms with Crippen LogP contribution in [0.15, 0.2) is 47.3 Å². The molecule has 3 rings (SSSR count). The molecule has 144 valence electrons. The van der Waals surface area contributed by atoms with Crippen molar-refractivity contribution in [1.82, 2.24) is 4.90 Å². The van der Waals surface area contributed by atoms with E-state index in [0.717, 1.165) is 43.2 Å². The molecule has 27 heavy (non-hydrogen) atoms. The van der Waals surface area contributed by atoms with Crippen LogP contribution in [0.1, 0.15) is 30.9 Å². The van der Waals surface area contributed by atoms with E-state index in [9.17, 15) is 9.90 Å². The summed E-state index contributed by atoms with van der Waals surface area (Å²) >= 11 is 0. The third-order valence-corrected chi connectivity index (χ3v) is 5.17. The van der Waals surface area contributed by atoms with Crippen LogP contribution < -0.4 is 15.1 Å². The first kappa shape index (κ1) is 19.2. The summed E-state index contributed by atoms with van der Waals surface area (Å²) in [5, 5.41) is 10.3. The zero-order valence-corrected chi connectivity index (χ0v) is 16.3. The fraction of sp³-hybridized carbons (Fsp3) is 0.409. The minimum atomic E-state index is -0.300. The molecule has 0 atom stereocenters. The highest BCUT2D eigenvalue weighted by molar-refractivity contribution is 5.58. The monoisotopic (exact) mass is 368 g/mol. The van der Waals surface area contributed by atoms with E-state index in [4.69, 9.17) is 4.74 Å². The van der Waals surface area contributed by atoms with Gasteiger partial charge in [-0.15, -0.1) is 0 Å². The molecule has 1 aliphatic heterocycles. The summed E-state index contributed by atoms with van der Waals surface area (Å²) in [6.07, 6.45) is 0. The summed E-state index contributed by atoms with van der Waals surface area (Å²) in [5.41, 5.74) is 2.45. The van der Waals surface area contributed by atoms with Crippen molar-refractivity contribution < 1.29 is 9.84 Å². The third kappa shape index (κ3) is 4.42. The number of rotatable bonds is 5. The molecule has 0 amide bonds. The summed E-state index contributed by atoms with van der Waals surface area (Å²) < 4.78 is 5.47. The van der Waals surface area contributed by atoms with Gasteiger partial charge in [0.1, 0.15) is 5.75 Å². The van der Waals surface area contributed by atoms with Crippen LogP contribution in [-0.2, 0) is 6.54 Å². The summed E-state index contributed by atoms with van der Waals surface area (Å²) in [6, 6.07) is 13.4.